The Hall–Kier alpha value is -3.48. The number of carbonyl (C=O) groups is 2. The molecule has 1 N–H and O–H groups in total. The summed E-state index contributed by atoms with van der Waals surface area (Å²) in [6.07, 6.45) is 3.26. The molecule has 4 rings (SSSR count). The van der Waals surface area contributed by atoms with Gasteiger partial charge in [0, 0.05) is 16.3 Å². The van der Waals surface area contributed by atoms with Gasteiger partial charge in [-0.2, -0.15) is 0 Å². The Morgan fingerprint density at radius 1 is 0.690 bits per heavy atom. The molecule has 0 fully saturated rings. The highest BCUT2D eigenvalue weighted by Crippen LogP contribution is 2.47. The van der Waals surface area contributed by atoms with Gasteiger partial charge in [-0.3, -0.25) is 9.59 Å². The third kappa shape index (κ3) is 7.47. The highest BCUT2D eigenvalue weighted by atomic mass is 79.9. The molecular weight excluding hydrogens is 592 g/mol. The van der Waals surface area contributed by atoms with Crippen LogP contribution in [0.4, 0.5) is 0 Å². The first-order valence-corrected chi connectivity index (χ1v) is 15.0. The lowest BCUT2D eigenvalue weighted by molar-refractivity contribution is -0.152. The molecule has 0 saturated heterocycles. The lowest BCUT2D eigenvalue weighted by Crippen LogP contribution is -2.41. The number of benzene rings is 3. The minimum Gasteiger partial charge on any atom is -0.426 e. The van der Waals surface area contributed by atoms with Gasteiger partial charge in [-0.15, -0.1) is 0 Å². The van der Waals surface area contributed by atoms with E-state index in [1.54, 1.807) is 48.5 Å². The molecule has 0 aromatic heterocycles. The fourth-order valence-electron chi connectivity index (χ4n) is 5.39. The van der Waals surface area contributed by atoms with E-state index in [9.17, 15) is 14.7 Å². The van der Waals surface area contributed by atoms with Gasteiger partial charge in [0.25, 0.3) is 0 Å². The third-order valence-corrected chi connectivity index (χ3v) is 8.05. The van der Waals surface area contributed by atoms with E-state index in [1.807, 2.05) is 48.6 Å². The van der Waals surface area contributed by atoms with E-state index in [-0.39, 0.29) is 10.8 Å². The van der Waals surface area contributed by atoms with Gasteiger partial charge >= 0.3 is 11.9 Å². The van der Waals surface area contributed by atoms with Crippen molar-refractivity contribution in [2.45, 2.75) is 53.6 Å². The Morgan fingerprint density at radius 2 is 1.10 bits per heavy atom. The highest BCUT2D eigenvalue weighted by molar-refractivity contribution is 9.10. The average Bonchev–Trinajstić information content (AvgIpc) is 2.92. The molecule has 1 aliphatic rings. The van der Waals surface area contributed by atoms with Crippen LogP contribution in [0, 0.1) is 22.7 Å². The first-order valence-electron chi connectivity index (χ1n) is 14.2. The topological polar surface area (TPSA) is 72.8 Å². The molecular formula is C36H39BrO5. The summed E-state index contributed by atoms with van der Waals surface area (Å²) in [5.41, 5.74) is 1.73. The van der Waals surface area contributed by atoms with Gasteiger partial charge in [0.05, 0.1) is 6.10 Å². The van der Waals surface area contributed by atoms with Gasteiger partial charge in [-0.05, 0) is 63.9 Å². The van der Waals surface area contributed by atoms with Crippen molar-refractivity contribution in [2.75, 3.05) is 0 Å². The number of rotatable bonds is 7. The summed E-state index contributed by atoms with van der Waals surface area (Å²) in [5.74, 6) is -3.17. The molecule has 0 unspecified atom stereocenters. The maximum absolute atomic E-state index is 14.1. The van der Waals surface area contributed by atoms with Crippen molar-refractivity contribution in [3.8, 4) is 11.5 Å². The van der Waals surface area contributed by atoms with E-state index in [4.69, 9.17) is 9.47 Å². The van der Waals surface area contributed by atoms with Crippen molar-refractivity contribution in [2.24, 2.45) is 22.7 Å². The number of esters is 2. The van der Waals surface area contributed by atoms with E-state index in [1.165, 1.54) is 0 Å². The zero-order chi connectivity index (χ0) is 30.7. The van der Waals surface area contributed by atoms with Crippen molar-refractivity contribution in [3.63, 3.8) is 0 Å². The maximum Gasteiger partial charge on any atom is 0.326 e. The number of aliphatic hydroxyl groups excluding tert-OH is 1. The Balaban J connectivity index is 1.92. The zero-order valence-electron chi connectivity index (χ0n) is 25.0. The van der Waals surface area contributed by atoms with Crippen molar-refractivity contribution >= 4 is 27.9 Å². The molecule has 3 aromatic carbocycles. The summed E-state index contributed by atoms with van der Waals surface area (Å²) < 4.78 is 12.5. The normalized spacial score (nSPS) is 18.1. The van der Waals surface area contributed by atoms with Crippen LogP contribution in [0.5, 0.6) is 11.5 Å². The summed E-state index contributed by atoms with van der Waals surface area (Å²) in [5, 5.41) is 11.5. The molecule has 0 heterocycles. The number of halogens is 1. The molecule has 0 spiro atoms. The van der Waals surface area contributed by atoms with Gasteiger partial charge in [-0.1, -0.05) is 118 Å². The van der Waals surface area contributed by atoms with E-state index in [2.05, 4.69) is 57.5 Å². The highest BCUT2D eigenvalue weighted by Gasteiger charge is 2.45. The maximum atomic E-state index is 14.1. The first kappa shape index (κ1) is 31.5. The molecule has 42 heavy (non-hydrogen) atoms. The average molecular weight is 632 g/mol. The number of para-hydroxylation sites is 2. The van der Waals surface area contributed by atoms with E-state index < -0.39 is 35.8 Å². The van der Waals surface area contributed by atoms with Crippen LogP contribution in [-0.4, -0.2) is 23.1 Å². The summed E-state index contributed by atoms with van der Waals surface area (Å²) >= 11 is 3.51. The fourth-order valence-corrected chi connectivity index (χ4v) is 5.65. The van der Waals surface area contributed by atoms with E-state index in [0.29, 0.717) is 11.5 Å². The number of allylic oxidation sites excluding steroid dienone is 2. The molecule has 6 heteroatoms. The van der Waals surface area contributed by atoms with Crippen LogP contribution < -0.4 is 9.47 Å². The standard InChI is InChI=1S/C36H39BrO5/c1-35(2,3)28-21-24(22-29(32(28)38)36(4,5)6)30(23-17-19-25(37)20-18-23)31(33(39)41-26-13-9-7-10-14-26)34(40)42-27-15-11-8-12-16-27/h7-22,24,30-32,38H,1-6H3/t24?,30-,32?/m1/s1. The molecule has 5 nitrogen and oxygen atoms in total. The second kappa shape index (κ2) is 12.8. The molecule has 1 atom stereocenters. The zero-order valence-corrected chi connectivity index (χ0v) is 26.6. The monoisotopic (exact) mass is 630 g/mol. The molecule has 0 aliphatic heterocycles. The van der Waals surface area contributed by atoms with Crippen molar-refractivity contribution < 1.29 is 24.2 Å². The predicted molar refractivity (Wildman–Crippen MR) is 169 cm³/mol. The van der Waals surface area contributed by atoms with Crippen LogP contribution in [0.1, 0.15) is 53.0 Å². The van der Waals surface area contributed by atoms with E-state index in [0.717, 1.165) is 21.2 Å². The minimum atomic E-state index is -1.32. The number of ether oxygens (including phenoxy) is 2. The van der Waals surface area contributed by atoms with Crippen LogP contribution in [0.25, 0.3) is 0 Å². The molecule has 0 saturated carbocycles. The molecule has 3 aromatic rings. The second-order valence-electron chi connectivity index (χ2n) is 12.7. The number of hydrogen-bond donors (Lipinski definition) is 1. The van der Waals surface area contributed by atoms with Crippen LogP contribution >= 0.6 is 15.9 Å². The first-order chi connectivity index (χ1) is 19.8. The van der Waals surface area contributed by atoms with E-state index >= 15 is 0 Å². The number of hydrogen-bond acceptors (Lipinski definition) is 5. The quantitative estimate of drug-likeness (QED) is 0.123. The third-order valence-electron chi connectivity index (χ3n) is 7.53. The van der Waals surface area contributed by atoms with Crippen LogP contribution in [-0.2, 0) is 9.59 Å². The molecule has 0 bridgehead atoms. The summed E-state index contributed by atoms with van der Waals surface area (Å²) in [4.78, 5) is 28.1. The lowest BCUT2D eigenvalue weighted by atomic mass is 9.65. The molecule has 0 radical (unpaired) electrons. The largest absolute Gasteiger partial charge is 0.426 e. The Kier molecular flexibility index (Phi) is 9.59. The van der Waals surface area contributed by atoms with Crippen molar-refractivity contribution in [1.82, 2.24) is 0 Å². The summed E-state index contributed by atoms with van der Waals surface area (Å²) in [6, 6.07) is 25.1. The fraction of sp³-hybridized carbons (Fsp3) is 0.333. The number of aliphatic hydroxyl groups is 1. The Bertz CT molecular complexity index is 1360. The lowest BCUT2D eigenvalue weighted by Gasteiger charge is -2.41. The van der Waals surface area contributed by atoms with Crippen molar-refractivity contribution in [1.29, 1.82) is 0 Å². The molecule has 1 aliphatic carbocycles. The van der Waals surface area contributed by atoms with Gasteiger partial charge in [-0.25, -0.2) is 0 Å². The van der Waals surface area contributed by atoms with Gasteiger partial charge in [0.15, 0.2) is 5.92 Å². The summed E-state index contributed by atoms with van der Waals surface area (Å²) in [6.45, 7) is 12.4. The Morgan fingerprint density at radius 3 is 1.48 bits per heavy atom. The smallest absolute Gasteiger partial charge is 0.326 e. The van der Waals surface area contributed by atoms with Crippen LogP contribution in [0.3, 0.4) is 0 Å². The van der Waals surface area contributed by atoms with Gasteiger partial charge in [0.1, 0.15) is 11.5 Å². The molecule has 0 amide bonds. The van der Waals surface area contributed by atoms with Gasteiger partial charge in [0.2, 0.25) is 0 Å². The molecule has 220 valence electrons. The second-order valence-corrected chi connectivity index (χ2v) is 13.7. The van der Waals surface area contributed by atoms with Crippen molar-refractivity contribution in [3.05, 3.63) is 118 Å². The van der Waals surface area contributed by atoms with Gasteiger partial charge < -0.3 is 14.6 Å². The SMILES string of the molecule is CC(C)(C)C1=CC([C@@H](c2ccc(Br)cc2)C(C(=O)Oc2ccccc2)C(=O)Oc2ccccc2)C=C(C(C)(C)C)C1O. The number of carbonyl (C=O) groups excluding carboxylic acids is 2. The predicted octanol–water partition coefficient (Wildman–Crippen LogP) is 8.30. The van der Waals surface area contributed by atoms with Crippen LogP contribution in [0.15, 0.2) is 113 Å². The minimum absolute atomic E-state index is 0.338. The Labute approximate surface area is 257 Å². The summed E-state index contributed by atoms with van der Waals surface area (Å²) in [7, 11) is 0. The van der Waals surface area contributed by atoms with Crippen LogP contribution in [0.2, 0.25) is 0 Å².